The summed E-state index contributed by atoms with van der Waals surface area (Å²) in [5.41, 5.74) is 2.70. The molecular weight excluding hydrogens is 332 g/mol. The Morgan fingerprint density at radius 1 is 1.22 bits per heavy atom. The van der Waals surface area contributed by atoms with Crippen molar-refractivity contribution in [1.82, 2.24) is 4.98 Å². The summed E-state index contributed by atoms with van der Waals surface area (Å²) in [6.07, 6.45) is 1.86. The summed E-state index contributed by atoms with van der Waals surface area (Å²) in [5.74, 6) is 0.0278. The molecule has 116 valence electrons. The maximum Gasteiger partial charge on any atom is 0.229 e. The van der Waals surface area contributed by atoms with Gasteiger partial charge in [0.25, 0.3) is 0 Å². The van der Waals surface area contributed by atoms with E-state index in [0.717, 1.165) is 21.7 Å². The molecule has 0 spiro atoms. The van der Waals surface area contributed by atoms with Gasteiger partial charge in [0.15, 0.2) is 0 Å². The summed E-state index contributed by atoms with van der Waals surface area (Å²) in [4.78, 5) is 16.0. The van der Waals surface area contributed by atoms with Crippen LogP contribution in [0.2, 0.25) is 5.15 Å². The number of rotatable bonds is 4. The Balaban J connectivity index is 1.68. The first-order valence-corrected chi connectivity index (χ1v) is 8.14. The normalized spacial score (nSPS) is 10.5. The number of carbonyl (C=O) groups is 1. The first-order chi connectivity index (χ1) is 11.1. The third kappa shape index (κ3) is 4.09. The van der Waals surface area contributed by atoms with E-state index in [1.54, 1.807) is 36.5 Å². The fourth-order valence-corrected chi connectivity index (χ4v) is 3.17. The molecule has 2 heterocycles. The Bertz CT molecular complexity index is 848. The standard InChI is InChI=1S/C17H13ClN2O2S/c18-15-8-12(4-5-19-15)13-9-17(23-10-13)20-16(22)7-11-2-1-3-14(21)6-11/h1-6,8-10,21H,7H2,(H,20,22). The maximum absolute atomic E-state index is 12.1. The van der Waals surface area contributed by atoms with Crippen molar-refractivity contribution in [1.29, 1.82) is 0 Å². The minimum absolute atomic E-state index is 0.128. The fourth-order valence-electron chi connectivity index (χ4n) is 2.17. The van der Waals surface area contributed by atoms with E-state index in [1.165, 1.54) is 11.3 Å². The highest BCUT2D eigenvalue weighted by Crippen LogP contribution is 2.30. The zero-order valence-electron chi connectivity index (χ0n) is 12.0. The SMILES string of the molecule is O=C(Cc1cccc(O)c1)Nc1cc(-c2ccnc(Cl)c2)cs1. The summed E-state index contributed by atoms with van der Waals surface area (Å²) in [6.45, 7) is 0. The summed E-state index contributed by atoms with van der Waals surface area (Å²) in [6, 6.07) is 12.2. The van der Waals surface area contributed by atoms with Crippen molar-refractivity contribution in [2.24, 2.45) is 0 Å². The molecule has 4 nitrogen and oxygen atoms in total. The molecule has 0 unspecified atom stereocenters. The van der Waals surface area contributed by atoms with Gasteiger partial charge in [0.05, 0.1) is 11.4 Å². The maximum atomic E-state index is 12.1. The van der Waals surface area contributed by atoms with Crippen LogP contribution in [0.4, 0.5) is 5.00 Å². The number of hydrogen-bond donors (Lipinski definition) is 2. The molecule has 0 atom stereocenters. The van der Waals surface area contributed by atoms with Gasteiger partial charge in [-0.2, -0.15) is 0 Å². The first kappa shape index (κ1) is 15.5. The monoisotopic (exact) mass is 344 g/mol. The van der Waals surface area contributed by atoms with Crippen LogP contribution < -0.4 is 5.32 Å². The largest absolute Gasteiger partial charge is 0.508 e. The zero-order chi connectivity index (χ0) is 16.2. The number of amides is 1. The molecule has 1 amide bonds. The lowest BCUT2D eigenvalue weighted by Crippen LogP contribution is -2.13. The van der Waals surface area contributed by atoms with Crippen LogP contribution in [0.5, 0.6) is 5.75 Å². The number of nitrogens with zero attached hydrogens (tertiary/aromatic N) is 1. The summed E-state index contributed by atoms with van der Waals surface area (Å²) < 4.78 is 0. The van der Waals surface area contributed by atoms with Crippen LogP contribution in [0.25, 0.3) is 11.1 Å². The second-order valence-corrected chi connectivity index (χ2v) is 6.26. The topological polar surface area (TPSA) is 62.2 Å². The predicted molar refractivity (Wildman–Crippen MR) is 93.0 cm³/mol. The third-order valence-electron chi connectivity index (χ3n) is 3.20. The van der Waals surface area contributed by atoms with Crippen molar-refractivity contribution in [3.05, 3.63) is 64.8 Å². The lowest BCUT2D eigenvalue weighted by molar-refractivity contribution is -0.115. The number of phenols is 1. The van der Waals surface area contributed by atoms with E-state index >= 15 is 0 Å². The second kappa shape index (κ2) is 6.81. The smallest absolute Gasteiger partial charge is 0.229 e. The summed E-state index contributed by atoms with van der Waals surface area (Å²) in [5, 5.41) is 15.4. The third-order valence-corrected chi connectivity index (χ3v) is 4.25. The van der Waals surface area contributed by atoms with E-state index in [2.05, 4.69) is 10.3 Å². The molecule has 0 saturated heterocycles. The number of aromatic hydroxyl groups is 1. The molecule has 0 aliphatic rings. The number of nitrogens with one attached hydrogen (secondary N) is 1. The highest BCUT2D eigenvalue weighted by Gasteiger charge is 2.08. The Labute approximate surface area is 142 Å². The zero-order valence-corrected chi connectivity index (χ0v) is 13.6. The van der Waals surface area contributed by atoms with Gasteiger partial charge in [0.2, 0.25) is 5.91 Å². The molecule has 23 heavy (non-hydrogen) atoms. The summed E-state index contributed by atoms with van der Waals surface area (Å²) in [7, 11) is 0. The van der Waals surface area contributed by atoms with Crippen LogP contribution in [0.1, 0.15) is 5.56 Å². The number of benzene rings is 1. The van der Waals surface area contributed by atoms with Gasteiger partial charge < -0.3 is 10.4 Å². The van der Waals surface area contributed by atoms with Gasteiger partial charge in [-0.25, -0.2) is 4.98 Å². The first-order valence-electron chi connectivity index (χ1n) is 6.88. The van der Waals surface area contributed by atoms with E-state index in [1.807, 2.05) is 17.5 Å². The Kier molecular flexibility index (Phi) is 4.60. The van der Waals surface area contributed by atoms with Crippen LogP contribution in [0, 0.1) is 0 Å². The molecule has 2 N–H and O–H groups in total. The number of anilines is 1. The van der Waals surface area contributed by atoms with Crippen LogP contribution in [-0.4, -0.2) is 16.0 Å². The number of aromatic nitrogens is 1. The Hall–Kier alpha value is -2.37. The summed E-state index contributed by atoms with van der Waals surface area (Å²) >= 11 is 7.34. The molecule has 0 fully saturated rings. The average molecular weight is 345 g/mol. The van der Waals surface area contributed by atoms with Crippen molar-refractivity contribution >= 4 is 33.8 Å². The van der Waals surface area contributed by atoms with Crippen LogP contribution in [-0.2, 0) is 11.2 Å². The van der Waals surface area contributed by atoms with E-state index in [9.17, 15) is 9.90 Å². The molecule has 0 bridgehead atoms. The van der Waals surface area contributed by atoms with Gasteiger partial charge in [-0.1, -0.05) is 23.7 Å². The van der Waals surface area contributed by atoms with E-state index in [-0.39, 0.29) is 18.1 Å². The Morgan fingerprint density at radius 3 is 2.87 bits per heavy atom. The number of phenolic OH excluding ortho intramolecular Hbond substituents is 1. The molecule has 3 aromatic rings. The number of carbonyl (C=O) groups excluding carboxylic acids is 1. The van der Waals surface area contributed by atoms with Crippen LogP contribution in [0.15, 0.2) is 54.0 Å². The van der Waals surface area contributed by atoms with Crippen molar-refractivity contribution in [2.75, 3.05) is 5.32 Å². The molecule has 0 aliphatic carbocycles. The molecule has 3 rings (SSSR count). The predicted octanol–water partition coefficient (Wildman–Crippen LogP) is 4.35. The van der Waals surface area contributed by atoms with Crippen molar-refractivity contribution < 1.29 is 9.90 Å². The van der Waals surface area contributed by atoms with Crippen LogP contribution in [0.3, 0.4) is 0 Å². The van der Waals surface area contributed by atoms with Crippen LogP contribution >= 0.6 is 22.9 Å². The van der Waals surface area contributed by atoms with E-state index in [0.29, 0.717) is 5.15 Å². The highest BCUT2D eigenvalue weighted by atomic mass is 35.5. The number of pyridine rings is 1. The number of hydrogen-bond acceptors (Lipinski definition) is 4. The van der Waals surface area contributed by atoms with Crippen molar-refractivity contribution in [3.63, 3.8) is 0 Å². The Morgan fingerprint density at radius 2 is 2.09 bits per heavy atom. The molecule has 0 saturated carbocycles. The minimum atomic E-state index is -0.128. The second-order valence-electron chi connectivity index (χ2n) is 4.96. The van der Waals surface area contributed by atoms with Gasteiger partial charge in [-0.3, -0.25) is 4.79 Å². The molecular formula is C17H13ClN2O2S. The van der Waals surface area contributed by atoms with Crippen molar-refractivity contribution in [3.8, 4) is 16.9 Å². The lowest BCUT2D eigenvalue weighted by atomic mass is 10.1. The van der Waals surface area contributed by atoms with Crippen molar-refractivity contribution in [2.45, 2.75) is 6.42 Å². The fraction of sp³-hybridized carbons (Fsp3) is 0.0588. The molecule has 1 aromatic carbocycles. The van der Waals surface area contributed by atoms with Gasteiger partial charge in [-0.15, -0.1) is 11.3 Å². The molecule has 0 radical (unpaired) electrons. The quantitative estimate of drug-likeness (QED) is 0.692. The lowest BCUT2D eigenvalue weighted by Gasteiger charge is -2.03. The highest BCUT2D eigenvalue weighted by molar-refractivity contribution is 7.14. The molecule has 6 heteroatoms. The number of thiophene rings is 1. The molecule has 2 aromatic heterocycles. The van der Waals surface area contributed by atoms with Gasteiger partial charge >= 0.3 is 0 Å². The van der Waals surface area contributed by atoms with E-state index < -0.39 is 0 Å². The van der Waals surface area contributed by atoms with Gasteiger partial charge in [0, 0.05) is 11.6 Å². The average Bonchev–Trinajstić information content (AvgIpc) is 2.95. The molecule has 0 aliphatic heterocycles. The van der Waals surface area contributed by atoms with Gasteiger partial charge in [0.1, 0.15) is 10.9 Å². The minimum Gasteiger partial charge on any atom is -0.508 e. The van der Waals surface area contributed by atoms with E-state index in [4.69, 9.17) is 11.6 Å². The number of halogens is 1. The van der Waals surface area contributed by atoms with Gasteiger partial charge in [-0.05, 0) is 47.0 Å².